The first kappa shape index (κ1) is 18.7. The Bertz CT molecular complexity index is 929. The highest BCUT2D eigenvalue weighted by atomic mass is 19.4. The highest BCUT2D eigenvalue weighted by Gasteiger charge is 2.30. The van der Waals surface area contributed by atoms with Crippen LogP contribution in [0.3, 0.4) is 0 Å². The minimum atomic E-state index is -4.38. The summed E-state index contributed by atoms with van der Waals surface area (Å²) in [5.41, 5.74) is 1.28. The fourth-order valence-corrected chi connectivity index (χ4v) is 2.58. The van der Waals surface area contributed by atoms with Crippen LogP contribution in [-0.2, 0) is 24.1 Å². The van der Waals surface area contributed by atoms with Crippen molar-refractivity contribution in [1.29, 1.82) is 0 Å². The minimum absolute atomic E-state index is 0.173. The number of benzene rings is 1. The molecule has 1 amide bonds. The molecule has 0 aliphatic rings. The van der Waals surface area contributed by atoms with Gasteiger partial charge in [0.15, 0.2) is 0 Å². The second-order valence-electron chi connectivity index (χ2n) is 6.20. The number of aromatic nitrogens is 4. The predicted molar refractivity (Wildman–Crippen MR) is 93.0 cm³/mol. The topological polar surface area (TPSA) is 64.7 Å². The first-order valence-electron chi connectivity index (χ1n) is 8.27. The molecule has 27 heavy (non-hydrogen) atoms. The smallest absolute Gasteiger partial charge is 0.323 e. The van der Waals surface area contributed by atoms with Crippen molar-refractivity contribution in [2.75, 3.05) is 5.32 Å². The van der Waals surface area contributed by atoms with E-state index in [2.05, 4.69) is 15.5 Å². The van der Waals surface area contributed by atoms with E-state index >= 15 is 0 Å². The lowest BCUT2D eigenvalue weighted by atomic mass is 10.1. The number of anilines is 1. The van der Waals surface area contributed by atoms with Crippen molar-refractivity contribution < 1.29 is 18.0 Å². The van der Waals surface area contributed by atoms with Gasteiger partial charge in [0, 0.05) is 25.4 Å². The van der Waals surface area contributed by atoms with E-state index in [0.29, 0.717) is 17.8 Å². The van der Waals surface area contributed by atoms with Crippen molar-refractivity contribution in [2.45, 2.75) is 32.6 Å². The van der Waals surface area contributed by atoms with Crippen LogP contribution < -0.4 is 5.32 Å². The van der Waals surface area contributed by atoms with Crippen LogP contribution in [0.5, 0.6) is 0 Å². The molecule has 0 spiro atoms. The van der Waals surface area contributed by atoms with Gasteiger partial charge in [-0.2, -0.15) is 23.4 Å². The molecule has 2 aromatic heterocycles. The van der Waals surface area contributed by atoms with E-state index in [1.165, 1.54) is 16.9 Å². The maximum absolute atomic E-state index is 12.8. The normalized spacial score (nSPS) is 11.6. The minimum Gasteiger partial charge on any atom is -0.323 e. The Morgan fingerprint density at radius 3 is 2.63 bits per heavy atom. The second-order valence-corrected chi connectivity index (χ2v) is 6.20. The average Bonchev–Trinajstić information content (AvgIpc) is 3.21. The predicted octanol–water partition coefficient (Wildman–Crippen LogP) is 3.48. The summed E-state index contributed by atoms with van der Waals surface area (Å²) in [5, 5.41) is 10.9. The fraction of sp³-hybridized carbons (Fsp3) is 0.278. The largest absolute Gasteiger partial charge is 0.416 e. The number of carbonyl (C=O) groups is 1. The number of amides is 1. The van der Waals surface area contributed by atoms with Gasteiger partial charge in [-0.1, -0.05) is 12.1 Å². The molecule has 1 N–H and O–H groups in total. The number of halogens is 3. The third kappa shape index (κ3) is 5.19. The van der Waals surface area contributed by atoms with Gasteiger partial charge in [-0.25, -0.2) is 0 Å². The summed E-state index contributed by atoms with van der Waals surface area (Å²) in [6.45, 7) is 2.55. The summed E-state index contributed by atoms with van der Waals surface area (Å²) in [7, 11) is 0. The third-order valence-electron chi connectivity index (χ3n) is 3.85. The molecular formula is C18H18F3N5O. The quantitative estimate of drug-likeness (QED) is 0.715. The van der Waals surface area contributed by atoms with E-state index in [0.717, 1.165) is 17.7 Å². The molecule has 142 valence electrons. The van der Waals surface area contributed by atoms with Crippen molar-refractivity contribution in [3.8, 4) is 0 Å². The average molecular weight is 377 g/mol. The molecule has 0 atom stereocenters. The molecule has 9 heteroatoms. The molecule has 0 aliphatic heterocycles. The fourth-order valence-electron chi connectivity index (χ4n) is 2.58. The Morgan fingerprint density at radius 2 is 1.93 bits per heavy atom. The van der Waals surface area contributed by atoms with Crippen molar-refractivity contribution in [3.05, 3.63) is 65.7 Å². The maximum Gasteiger partial charge on any atom is 0.416 e. The molecule has 0 saturated carbocycles. The Morgan fingerprint density at radius 1 is 1.15 bits per heavy atom. The lowest BCUT2D eigenvalue weighted by Crippen LogP contribution is -2.14. The number of hydrogen-bond acceptors (Lipinski definition) is 3. The van der Waals surface area contributed by atoms with Gasteiger partial charge in [0.25, 0.3) is 0 Å². The first-order valence-corrected chi connectivity index (χ1v) is 8.27. The van der Waals surface area contributed by atoms with Gasteiger partial charge >= 0.3 is 6.18 Å². The number of rotatable bonds is 6. The highest BCUT2D eigenvalue weighted by molar-refractivity contribution is 5.90. The van der Waals surface area contributed by atoms with E-state index in [4.69, 9.17) is 0 Å². The molecule has 0 bridgehead atoms. The molecule has 3 rings (SSSR count). The van der Waals surface area contributed by atoms with Gasteiger partial charge in [-0.05, 0) is 30.2 Å². The molecular weight excluding hydrogens is 359 g/mol. The molecule has 3 aromatic rings. The lowest BCUT2D eigenvalue weighted by molar-refractivity contribution is -0.137. The molecule has 0 unspecified atom stereocenters. The van der Waals surface area contributed by atoms with Crippen LogP contribution in [0.25, 0.3) is 0 Å². The maximum atomic E-state index is 12.8. The van der Waals surface area contributed by atoms with Crippen LogP contribution in [0, 0.1) is 6.92 Å². The van der Waals surface area contributed by atoms with Gasteiger partial charge in [0.2, 0.25) is 5.91 Å². The van der Waals surface area contributed by atoms with Gasteiger partial charge in [-0.15, -0.1) is 0 Å². The number of carbonyl (C=O) groups excluding carboxylic acids is 1. The number of alkyl halides is 3. The summed E-state index contributed by atoms with van der Waals surface area (Å²) in [4.78, 5) is 12.0. The third-order valence-corrected chi connectivity index (χ3v) is 3.85. The van der Waals surface area contributed by atoms with Crippen molar-refractivity contribution >= 4 is 11.6 Å². The summed E-state index contributed by atoms with van der Waals surface area (Å²) < 4.78 is 41.5. The lowest BCUT2D eigenvalue weighted by Gasteiger charge is -2.08. The number of nitrogens with zero attached hydrogens (tertiary/aromatic N) is 4. The van der Waals surface area contributed by atoms with Crippen LogP contribution in [0.15, 0.2) is 49.1 Å². The van der Waals surface area contributed by atoms with Crippen LogP contribution in [-0.4, -0.2) is 25.5 Å². The Labute approximate surface area is 153 Å². The monoisotopic (exact) mass is 377 g/mol. The molecule has 2 heterocycles. The molecule has 0 aliphatic carbocycles. The number of aryl methyl sites for hydroxylation is 2. The number of nitrogens with one attached hydrogen (secondary N) is 1. The van der Waals surface area contributed by atoms with Gasteiger partial charge in [0.1, 0.15) is 0 Å². The van der Waals surface area contributed by atoms with Crippen LogP contribution in [0.4, 0.5) is 18.9 Å². The van der Waals surface area contributed by atoms with Gasteiger partial charge < -0.3 is 5.32 Å². The van der Waals surface area contributed by atoms with E-state index in [1.807, 2.05) is 13.1 Å². The van der Waals surface area contributed by atoms with E-state index in [-0.39, 0.29) is 18.9 Å². The molecule has 0 fully saturated rings. The van der Waals surface area contributed by atoms with Gasteiger partial charge in [-0.3, -0.25) is 14.2 Å². The second kappa shape index (κ2) is 7.65. The number of hydrogen-bond donors (Lipinski definition) is 1. The molecule has 0 saturated heterocycles. The summed E-state index contributed by atoms with van der Waals surface area (Å²) in [6, 6.07) is 5.08. The zero-order chi connectivity index (χ0) is 19.4. The molecule has 0 radical (unpaired) electrons. The van der Waals surface area contributed by atoms with Crippen LogP contribution in [0.1, 0.15) is 23.1 Å². The first-order chi connectivity index (χ1) is 12.8. The van der Waals surface area contributed by atoms with E-state index in [1.54, 1.807) is 23.1 Å². The van der Waals surface area contributed by atoms with E-state index in [9.17, 15) is 18.0 Å². The van der Waals surface area contributed by atoms with Gasteiger partial charge in [0.05, 0.1) is 30.2 Å². The van der Waals surface area contributed by atoms with Crippen LogP contribution in [0.2, 0.25) is 0 Å². The summed E-state index contributed by atoms with van der Waals surface area (Å²) in [5.74, 6) is -0.193. The Kier molecular flexibility index (Phi) is 5.29. The summed E-state index contributed by atoms with van der Waals surface area (Å²) in [6.07, 6.45) is 2.47. The summed E-state index contributed by atoms with van der Waals surface area (Å²) >= 11 is 0. The Hall–Kier alpha value is -3.10. The zero-order valence-electron chi connectivity index (χ0n) is 14.6. The highest BCUT2D eigenvalue weighted by Crippen LogP contribution is 2.29. The van der Waals surface area contributed by atoms with Crippen molar-refractivity contribution in [3.63, 3.8) is 0 Å². The zero-order valence-corrected chi connectivity index (χ0v) is 14.6. The van der Waals surface area contributed by atoms with E-state index < -0.39 is 11.7 Å². The molecule has 6 nitrogen and oxygen atoms in total. The van der Waals surface area contributed by atoms with Crippen molar-refractivity contribution in [1.82, 2.24) is 19.6 Å². The Balaban J connectivity index is 1.56. The van der Waals surface area contributed by atoms with Crippen LogP contribution >= 0.6 is 0 Å². The van der Waals surface area contributed by atoms with Crippen molar-refractivity contribution in [2.24, 2.45) is 0 Å². The molecule has 1 aromatic carbocycles. The standard InChI is InChI=1S/C18H18F3N5O/c1-13-8-22-25(10-13)6-5-17(27)24-16-9-23-26(12-16)11-14-3-2-4-15(7-14)18(19,20)21/h2-4,7-10,12H,5-6,11H2,1H3,(H,24,27). The SMILES string of the molecule is Cc1cnn(CCC(=O)Nc2cnn(Cc3cccc(C(F)(F)F)c3)c2)c1.